The van der Waals surface area contributed by atoms with Gasteiger partial charge in [0.15, 0.2) is 0 Å². The van der Waals surface area contributed by atoms with Gasteiger partial charge in [-0.1, -0.05) is 20.8 Å². The SMILES string of the molecule is CN=CC(=CN)c1cnc([C@@H](N)C(C)(C)C)[nH]1. The Morgan fingerprint density at radius 3 is 2.65 bits per heavy atom. The van der Waals surface area contributed by atoms with Crippen LogP contribution in [0.5, 0.6) is 0 Å². The first kappa shape index (κ1) is 13.4. The van der Waals surface area contributed by atoms with E-state index in [2.05, 4.69) is 35.7 Å². The number of aromatic nitrogens is 2. The molecule has 0 spiro atoms. The Labute approximate surface area is 102 Å². The van der Waals surface area contributed by atoms with E-state index in [9.17, 15) is 0 Å². The van der Waals surface area contributed by atoms with Crippen LogP contribution in [0.15, 0.2) is 17.4 Å². The van der Waals surface area contributed by atoms with Gasteiger partial charge in [0.25, 0.3) is 0 Å². The summed E-state index contributed by atoms with van der Waals surface area (Å²) in [4.78, 5) is 11.4. The van der Waals surface area contributed by atoms with Crippen molar-refractivity contribution in [3.8, 4) is 0 Å². The van der Waals surface area contributed by atoms with E-state index in [-0.39, 0.29) is 11.5 Å². The molecule has 0 radical (unpaired) electrons. The fourth-order valence-electron chi connectivity index (χ4n) is 1.39. The summed E-state index contributed by atoms with van der Waals surface area (Å²) >= 11 is 0. The quantitative estimate of drug-likeness (QED) is 0.692. The fraction of sp³-hybridized carbons (Fsp3) is 0.500. The lowest BCUT2D eigenvalue weighted by atomic mass is 9.87. The van der Waals surface area contributed by atoms with E-state index in [1.54, 1.807) is 19.5 Å². The first-order valence-corrected chi connectivity index (χ1v) is 5.55. The summed E-state index contributed by atoms with van der Waals surface area (Å²) in [5.41, 5.74) is 13.2. The van der Waals surface area contributed by atoms with Gasteiger partial charge >= 0.3 is 0 Å². The molecule has 0 saturated heterocycles. The zero-order valence-corrected chi connectivity index (χ0v) is 10.9. The van der Waals surface area contributed by atoms with Crippen LogP contribution in [-0.2, 0) is 0 Å². The predicted molar refractivity (Wildman–Crippen MR) is 71.6 cm³/mol. The molecule has 0 bridgehead atoms. The lowest BCUT2D eigenvalue weighted by Crippen LogP contribution is -2.27. The van der Waals surface area contributed by atoms with Crippen LogP contribution < -0.4 is 11.5 Å². The van der Waals surface area contributed by atoms with Gasteiger partial charge in [-0.05, 0) is 5.41 Å². The summed E-state index contributed by atoms with van der Waals surface area (Å²) in [6.07, 6.45) is 4.90. The summed E-state index contributed by atoms with van der Waals surface area (Å²) in [7, 11) is 1.70. The summed E-state index contributed by atoms with van der Waals surface area (Å²) in [5.74, 6) is 0.761. The van der Waals surface area contributed by atoms with E-state index in [0.717, 1.165) is 17.1 Å². The van der Waals surface area contributed by atoms with Crippen LogP contribution in [0.4, 0.5) is 0 Å². The van der Waals surface area contributed by atoms with Crippen LogP contribution in [0, 0.1) is 5.41 Å². The highest BCUT2D eigenvalue weighted by atomic mass is 15.0. The molecule has 1 rings (SSSR count). The number of aromatic amines is 1. The Morgan fingerprint density at radius 2 is 2.18 bits per heavy atom. The van der Waals surface area contributed by atoms with Crippen LogP contribution in [0.25, 0.3) is 5.57 Å². The third-order valence-electron chi connectivity index (χ3n) is 2.58. The molecule has 1 atom stereocenters. The van der Waals surface area contributed by atoms with Crippen molar-refractivity contribution in [1.29, 1.82) is 0 Å². The molecule has 0 amide bonds. The second-order valence-corrected chi connectivity index (χ2v) is 5.04. The minimum absolute atomic E-state index is 0.0411. The number of hydrogen-bond donors (Lipinski definition) is 3. The molecular formula is C12H21N5. The van der Waals surface area contributed by atoms with Crippen molar-refractivity contribution in [3.05, 3.63) is 23.9 Å². The number of H-pyrrole nitrogens is 1. The highest BCUT2D eigenvalue weighted by molar-refractivity contribution is 6.08. The van der Waals surface area contributed by atoms with Crippen LogP contribution in [0.3, 0.4) is 0 Å². The van der Waals surface area contributed by atoms with E-state index in [0.29, 0.717) is 0 Å². The number of allylic oxidation sites excluding steroid dienone is 1. The molecule has 0 aliphatic carbocycles. The zero-order valence-electron chi connectivity index (χ0n) is 10.9. The standard InChI is InChI=1S/C12H21N5/c1-12(2,3)10(14)11-16-7-9(17-11)8(5-13)6-15-4/h5-7,10H,13-14H2,1-4H3,(H,16,17)/t10-/m1/s1. The number of nitrogens with zero attached hydrogens (tertiary/aromatic N) is 2. The number of imidazole rings is 1. The van der Waals surface area contributed by atoms with Gasteiger partial charge in [0.05, 0.1) is 17.9 Å². The summed E-state index contributed by atoms with van der Waals surface area (Å²) < 4.78 is 0. The number of aliphatic imine (C=N–C) groups is 1. The third-order valence-corrected chi connectivity index (χ3v) is 2.58. The van der Waals surface area contributed by atoms with Gasteiger partial charge in [-0.15, -0.1) is 0 Å². The molecule has 0 saturated carbocycles. The maximum atomic E-state index is 6.12. The summed E-state index contributed by atoms with van der Waals surface area (Å²) in [6.45, 7) is 6.23. The number of hydrogen-bond acceptors (Lipinski definition) is 4. The van der Waals surface area contributed by atoms with E-state index in [1.807, 2.05) is 0 Å². The van der Waals surface area contributed by atoms with Crippen molar-refractivity contribution in [3.63, 3.8) is 0 Å². The number of nitrogens with one attached hydrogen (secondary N) is 1. The topological polar surface area (TPSA) is 93.1 Å². The van der Waals surface area contributed by atoms with Gasteiger partial charge in [0, 0.05) is 25.0 Å². The van der Waals surface area contributed by atoms with E-state index < -0.39 is 0 Å². The van der Waals surface area contributed by atoms with Gasteiger partial charge in [0.2, 0.25) is 0 Å². The van der Waals surface area contributed by atoms with E-state index in [4.69, 9.17) is 11.5 Å². The minimum atomic E-state index is -0.145. The van der Waals surface area contributed by atoms with Crippen molar-refractivity contribution in [2.45, 2.75) is 26.8 Å². The van der Waals surface area contributed by atoms with E-state index >= 15 is 0 Å². The molecule has 0 fully saturated rings. The Balaban J connectivity index is 3.00. The first-order chi connectivity index (χ1) is 7.90. The zero-order chi connectivity index (χ0) is 13.1. The molecule has 5 nitrogen and oxygen atoms in total. The number of nitrogens with two attached hydrogens (primary N) is 2. The van der Waals surface area contributed by atoms with Crippen molar-refractivity contribution >= 4 is 11.8 Å². The van der Waals surface area contributed by atoms with Gasteiger partial charge < -0.3 is 16.5 Å². The largest absolute Gasteiger partial charge is 0.404 e. The molecule has 0 aromatic carbocycles. The van der Waals surface area contributed by atoms with Crippen LogP contribution in [-0.4, -0.2) is 23.2 Å². The van der Waals surface area contributed by atoms with Gasteiger partial charge in [-0.2, -0.15) is 0 Å². The maximum Gasteiger partial charge on any atom is 0.124 e. The second kappa shape index (κ2) is 5.14. The molecule has 94 valence electrons. The molecule has 5 heteroatoms. The van der Waals surface area contributed by atoms with Crippen LogP contribution >= 0.6 is 0 Å². The Morgan fingerprint density at radius 1 is 1.53 bits per heavy atom. The third kappa shape index (κ3) is 3.17. The molecule has 0 unspecified atom stereocenters. The lowest BCUT2D eigenvalue weighted by Gasteiger charge is -2.24. The van der Waals surface area contributed by atoms with E-state index in [1.165, 1.54) is 6.20 Å². The van der Waals surface area contributed by atoms with Crippen molar-refractivity contribution < 1.29 is 0 Å². The first-order valence-electron chi connectivity index (χ1n) is 5.55. The summed E-state index contributed by atoms with van der Waals surface area (Å²) in [5, 5.41) is 0. The maximum absolute atomic E-state index is 6.12. The normalized spacial score (nSPS) is 15.5. The molecule has 5 N–H and O–H groups in total. The van der Waals surface area contributed by atoms with Crippen molar-refractivity contribution in [2.75, 3.05) is 7.05 Å². The molecule has 17 heavy (non-hydrogen) atoms. The second-order valence-electron chi connectivity index (χ2n) is 5.04. The molecule has 0 aliphatic rings. The Bertz CT molecular complexity index is 422. The average Bonchev–Trinajstić information content (AvgIpc) is 2.72. The Hall–Kier alpha value is -1.62. The van der Waals surface area contributed by atoms with Crippen LogP contribution in [0.1, 0.15) is 38.3 Å². The highest BCUT2D eigenvalue weighted by Crippen LogP contribution is 2.28. The predicted octanol–water partition coefficient (Wildman–Crippen LogP) is 1.46. The average molecular weight is 235 g/mol. The highest BCUT2D eigenvalue weighted by Gasteiger charge is 2.24. The number of rotatable bonds is 3. The molecule has 1 aromatic heterocycles. The van der Waals surface area contributed by atoms with Crippen molar-refractivity contribution in [1.82, 2.24) is 9.97 Å². The smallest absolute Gasteiger partial charge is 0.124 e. The monoisotopic (exact) mass is 235 g/mol. The minimum Gasteiger partial charge on any atom is -0.404 e. The molecule has 0 aliphatic heterocycles. The van der Waals surface area contributed by atoms with Crippen LogP contribution in [0.2, 0.25) is 0 Å². The Kier molecular flexibility index (Phi) is 4.07. The molecule has 1 heterocycles. The molecular weight excluding hydrogens is 214 g/mol. The molecule has 1 aromatic rings. The van der Waals surface area contributed by atoms with Gasteiger partial charge in [-0.25, -0.2) is 4.98 Å². The summed E-state index contributed by atoms with van der Waals surface area (Å²) in [6, 6.07) is -0.145. The van der Waals surface area contributed by atoms with Gasteiger partial charge in [-0.3, -0.25) is 4.99 Å². The van der Waals surface area contributed by atoms with Crippen molar-refractivity contribution in [2.24, 2.45) is 21.9 Å². The van der Waals surface area contributed by atoms with Gasteiger partial charge in [0.1, 0.15) is 5.82 Å². The fourth-order valence-corrected chi connectivity index (χ4v) is 1.39. The lowest BCUT2D eigenvalue weighted by molar-refractivity contribution is 0.316.